The maximum Gasteiger partial charge on any atom is 0.159 e. The van der Waals surface area contributed by atoms with Crippen molar-refractivity contribution >= 4 is 0 Å². The summed E-state index contributed by atoms with van der Waals surface area (Å²) in [6.07, 6.45) is 12.5. The number of fused-ring (bicyclic) bond motifs is 1. The molecular weight excluding hydrogens is 276 g/mol. The van der Waals surface area contributed by atoms with E-state index in [4.69, 9.17) is 9.47 Å². The number of likely N-dealkylation sites (tertiary alicyclic amines) is 1. The van der Waals surface area contributed by atoms with Crippen molar-refractivity contribution in [3.05, 3.63) is 29.6 Å². The van der Waals surface area contributed by atoms with Crippen LogP contribution in [0.4, 0.5) is 0 Å². The molecule has 120 valence electrons. The van der Waals surface area contributed by atoms with Crippen LogP contribution in [0.25, 0.3) is 0 Å². The van der Waals surface area contributed by atoms with Crippen LogP contribution in [0.1, 0.15) is 43.2 Å². The minimum Gasteiger partial charge on any atom is -0.353 e. The number of ether oxygens (including phenoxy) is 2. The molecule has 1 aromatic heterocycles. The van der Waals surface area contributed by atoms with Crippen LogP contribution < -0.4 is 0 Å². The average Bonchev–Trinajstić information content (AvgIpc) is 2.93. The Morgan fingerprint density at radius 2 is 2.09 bits per heavy atom. The fraction of sp³-hybridized carbons (Fsp3) is 0.722. The van der Waals surface area contributed by atoms with E-state index in [0.717, 1.165) is 32.8 Å². The van der Waals surface area contributed by atoms with Crippen LogP contribution >= 0.6 is 0 Å². The molecule has 22 heavy (non-hydrogen) atoms. The fourth-order valence-electron chi connectivity index (χ4n) is 4.20. The van der Waals surface area contributed by atoms with Crippen LogP contribution in [0, 0.1) is 5.41 Å². The Morgan fingerprint density at radius 3 is 2.86 bits per heavy atom. The van der Waals surface area contributed by atoms with E-state index in [2.05, 4.69) is 22.1 Å². The Balaban J connectivity index is 1.27. The van der Waals surface area contributed by atoms with Gasteiger partial charge in [0.15, 0.2) is 6.29 Å². The monoisotopic (exact) mass is 302 g/mol. The van der Waals surface area contributed by atoms with Gasteiger partial charge in [-0.15, -0.1) is 0 Å². The molecule has 1 spiro atoms. The van der Waals surface area contributed by atoms with Crippen LogP contribution in [0.15, 0.2) is 18.5 Å². The molecule has 0 bridgehead atoms. The Bertz CT molecular complexity index is 479. The average molecular weight is 302 g/mol. The molecule has 3 aliphatic rings. The van der Waals surface area contributed by atoms with Crippen LogP contribution in [0.2, 0.25) is 0 Å². The molecule has 0 aromatic carbocycles. The van der Waals surface area contributed by atoms with E-state index in [0.29, 0.717) is 5.41 Å². The summed E-state index contributed by atoms with van der Waals surface area (Å²) in [5.41, 5.74) is 3.49. The predicted octanol–water partition coefficient (Wildman–Crippen LogP) is 2.76. The summed E-state index contributed by atoms with van der Waals surface area (Å²) in [5, 5.41) is 0. The van der Waals surface area contributed by atoms with Crippen LogP contribution in [-0.2, 0) is 22.3 Å². The Hall–Kier alpha value is -0.970. The van der Waals surface area contributed by atoms with Gasteiger partial charge in [0.25, 0.3) is 0 Å². The second-order valence-electron chi connectivity index (χ2n) is 7.21. The summed E-state index contributed by atoms with van der Waals surface area (Å²) in [4.78, 5) is 6.74. The van der Waals surface area contributed by atoms with Gasteiger partial charge in [0, 0.05) is 32.1 Å². The molecule has 4 rings (SSSR count). The van der Waals surface area contributed by atoms with E-state index in [1.807, 2.05) is 6.20 Å². The Labute approximate surface area is 132 Å². The zero-order valence-corrected chi connectivity index (χ0v) is 13.3. The highest BCUT2D eigenvalue weighted by atomic mass is 16.7. The second kappa shape index (κ2) is 6.26. The van der Waals surface area contributed by atoms with Crippen molar-refractivity contribution in [1.29, 1.82) is 0 Å². The summed E-state index contributed by atoms with van der Waals surface area (Å²) in [6, 6.07) is 2.21. The Kier molecular flexibility index (Phi) is 4.16. The number of aromatic nitrogens is 1. The zero-order valence-electron chi connectivity index (χ0n) is 13.3. The topological polar surface area (TPSA) is 34.6 Å². The quantitative estimate of drug-likeness (QED) is 0.860. The molecule has 3 heterocycles. The maximum absolute atomic E-state index is 5.93. The lowest BCUT2D eigenvalue weighted by atomic mass is 9.76. The van der Waals surface area contributed by atoms with Gasteiger partial charge in [-0.2, -0.15) is 0 Å². The number of piperidine rings is 1. The zero-order chi connectivity index (χ0) is 14.8. The molecule has 0 saturated carbocycles. The van der Waals surface area contributed by atoms with Crippen molar-refractivity contribution in [3.63, 3.8) is 0 Å². The molecule has 0 radical (unpaired) electrons. The van der Waals surface area contributed by atoms with Gasteiger partial charge in [-0.25, -0.2) is 0 Å². The summed E-state index contributed by atoms with van der Waals surface area (Å²) >= 11 is 0. The molecule has 1 aromatic rings. The summed E-state index contributed by atoms with van der Waals surface area (Å²) in [5.74, 6) is 0. The number of nitrogens with zero attached hydrogens (tertiary/aromatic N) is 2. The third kappa shape index (κ3) is 3.05. The molecule has 2 saturated heterocycles. The lowest BCUT2D eigenvalue weighted by Crippen LogP contribution is -2.42. The number of hydrogen-bond acceptors (Lipinski definition) is 4. The summed E-state index contributed by atoms with van der Waals surface area (Å²) in [7, 11) is 0. The van der Waals surface area contributed by atoms with Gasteiger partial charge >= 0.3 is 0 Å². The lowest BCUT2D eigenvalue weighted by molar-refractivity contribution is -0.187. The van der Waals surface area contributed by atoms with Crippen molar-refractivity contribution in [2.75, 3.05) is 26.4 Å². The number of hydrogen-bond donors (Lipinski definition) is 0. The van der Waals surface area contributed by atoms with Gasteiger partial charge in [-0.1, -0.05) is 0 Å². The SMILES string of the molecule is c1cc2c(cn1)CC1(CCN(COC3CCCCO3)CC1)C2. The van der Waals surface area contributed by atoms with Crippen LogP contribution in [0.3, 0.4) is 0 Å². The molecular formula is C18H26N2O2. The normalized spacial score (nSPS) is 27.9. The van der Waals surface area contributed by atoms with E-state index in [1.165, 1.54) is 49.7 Å². The maximum atomic E-state index is 5.93. The first-order valence-electron chi connectivity index (χ1n) is 8.70. The molecule has 0 amide bonds. The first-order chi connectivity index (χ1) is 10.8. The molecule has 1 unspecified atom stereocenters. The molecule has 4 heteroatoms. The van der Waals surface area contributed by atoms with Crippen molar-refractivity contribution in [3.8, 4) is 0 Å². The largest absolute Gasteiger partial charge is 0.353 e. The fourth-order valence-corrected chi connectivity index (χ4v) is 4.20. The van der Waals surface area contributed by atoms with Crippen molar-refractivity contribution < 1.29 is 9.47 Å². The minimum atomic E-state index is 0.0337. The van der Waals surface area contributed by atoms with Crippen molar-refractivity contribution in [2.45, 2.75) is 51.2 Å². The van der Waals surface area contributed by atoms with Gasteiger partial charge in [-0.05, 0) is 67.6 Å². The van der Waals surface area contributed by atoms with Crippen molar-refractivity contribution in [2.24, 2.45) is 5.41 Å². The van der Waals surface area contributed by atoms with Gasteiger partial charge in [-0.3, -0.25) is 9.88 Å². The van der Waals surface area contributed by atoms with E-state index < -0.39 is 0 Å². The third-order valence-electron chi connectivity index (χ3n) is 5.63. The number of pyridine rings is 1. The third-order valence-corrected chi connectivity index (χ3v) is 5.63. The van der Waals surface area contributed by atoms with Gasteiger partial charge < -0.3 is 9.47 Å². The predicted molar refractivity (Wildman–Crippen MR) is 84.4 cm³/mol. The second-order valence-corrected chi connectivity index (χ2v) is 7.21. The molecule has 1 atom stereocenters. The first-order valence-corrected chi connectivity index (χ1v) is 8.70. The van der Waals surface area contributed by atoms with E-state index >= 15 is 0 Å². The highest BCUT2D eigenvalue weighted by molar-refractivity contribution is 5.31. The van der Waals surface area contributed by atoms with E-state index in [1.54, 1.807) is 0 Å². The lowest BCUT2D eigenvalue weighted by Gasteiger charge is -2.39. The standard InChI is InChI=1S/C18H26N2O2/c1-2-10-21-17(3-1)22-14-20-8-5-18(6-9-20)11-15-4-7-19-13-16(15)12-18/h4,7,13,17H,1-3,5-6,8-12,14H2. The van der Waals surface area contributed by atoms with Gasteiger partial charge in [0.05, 0.1) is 0 Å². The van der Waals surface area contributed by atoms with E-state index in [9.17, 15) is 0 Å². The van der Waals surface area contributed by atoms with E-state index in [-0.39, 0.29) is 6.29 Å². The highest BCUT2D eigenvalue weighted by Crippen LogP contribution is 2.44. The van der Waals surface area contributed by atoms with Crippen molar-refractivity contribution in [1.82, 2.24) is 9.88 Å². The smallest absolute Gasteiger partial charge is 0.159 e. The minimum absolute atomic E-state index is 0.0337. The van der Waals surface area contributed by atoms with Crippen LogP contribution in [-0.4, -0.2) is 42.6 Å². The molecule has 0 N–H and O–H groups in total. The van der Waals surface area contributed by atoms with Crippen LogP contribution in [0.5, 0.6) is 0 Å². The molecule has 4 nitrogen and oxygen atoms in total. The van der Waals surface area contributed by atoms with Gasteiger partial charge in [0.1, 0.15) is 6.73 Å². The summed E-state index contributed by atoms with van der Waals surface area (Å²) < 4.78 is 11.6. The summed E-state index contributed by atoms with van der Waals surface area (Å²) in [6.45, 7) is 3.89. The van der Waals surface area contributed by atoms with Gasteiger partial charge in [0.2, 0.25) is 0 Å². The highest BCUT2D eigenvalue weighted by Gasteiger charge is 2.39. The molecule has 1 aliphatic carbocycles. The molecule has 2 aliphatic heterocycles. The first kappa shape index (κ1) is 14.6. The number of rotatable bonds is 3. The molecule has 2 fully saturated rings. The Morgan fingerprint density at radius 1 is 1.23 bits per heavy atom.